The number of hydrogen-bond donors (Lipinski definition) is 1. The number of thiophene rings is 1. The van der Waals surface area contributed by atoms with E-state index in [2.05, 4.69) is 11.9 Å². The van der Waals surface area contributed by atoms with Gasteiger partial charge in [-0.2, -0.15) is 0 Å². The maximum Gasteiger partial charge on any atom is 0.268 e. The largest absolute Gasteiger partial charge is 0.505 e. The molecule has 6 nitrogen and oxygen atoms in total. The van der Waals surface area contributed by atoms with Crippen LogP contribution in [0.25, 0.3) is 21.2 Å². The minimum absolute atomic E-state index is 0.0665. The molecule has 1 saturated carbocycles. The number of aromatic nitrogens is 1. The molecule has 1 aliphatic carbocycles. The molecule has 1 amide bonds. The van der Waals surface area contributed by atoms with Crippen LogP contribution in [-0.4, -0.2) is 40.7 Å². The molecule has 224 valence electrons. The van der Waals surface area contributed by atoms with Crippen molar-refractivity contribution in [3.8, 4) is 28.5 Å². The summed E-state index contributed by atoms with van der Waals surface area (Å²) in [5.74, 6) is -0.720. The number of methoxy groups -OCH3 is 1. The maximum absolute atomic E-state index is 14.6. The highest BCUT2D eigenvalue weighted by Gasteiger charge is 2.33. The third kappa shape index (κ3) is 6.51. The van der Waals surface area contributed by atoms with Crippen molar-refractivity contribution in [2.75, 3.05) is 13.7 Å². The highest BCUT2D eigenvalue weighted by atomic mass is 32.1. The lowest BCUT2D eigenvalue weighted by molar-refractivity contribution is 0.0594. The molecular formula is C33H38F2N2O4S. The van der Waals surface area contributed by atoms with Crippen LogP contribution in [0.5, 0.6) is 17.4 Å². The second-order valence-electron chi connectivity index (χ2n) is 10.2. The molecule has 2 aromatic heterocycles. The lowest BCUT2D eigenvalue weighted by Crippen LogP contribution is -2.41. The van der Waals surface area contributed by atoms with Gasteiger partial charge in [-0.1, -0.05) is 26.8 Å². The predicted octanol–water partition coefficient (Wildman–Crippen LogP) is 8.60. The van der Waals surface area contributed by atoms with Crippen molar-refractivity contribution in [2.24, 2.45) is 5.92 Å². The van der Waals surface area contributed by atoms with E-state index in [0.717, 1.165) is 65.8 Å². The Bertz CT molecular complexity index is 1530. The summed E-state index contributed by atoms with van der Waals surface area (Å²) in [5.41, 5.74) is 2.58. The number of pyridine rings is 1. The fraction of sp³-hybridized carbons (Fsp3) is 0.394. The van der Waals surface area contributed by atoms with E-state index in [0.29, 0.717) is 24.2 Å². The molecule has 0 spiro atoms. The molecule has 0 radical (unpaired) electrons. The Morgan fingerprint density at radius 1 is 1.05 bits per heavy atom. The van der Waals surface area contributed by atoms with Gasteiger partial charge in [-0.05, 0) is 80.0 Å². The highest BCUT2D eigenvalue weighted by molar-refractivity contribution is 7.21. The number of carbonyl (C=O) groups excluding carboxylic acids is 1. The molecule has 4 aromatic rings. The van der Waals surface area contributed by atoms with Gasteiger partial charge in [0.05, 0.1) is 23.8 Å². The molecule has 5 rings (SSSR count). The van der Waals surface area contributed by atoms with E-state index in [1.807, 2.05) is 51.1 Å². The van der Waals surface area contributed by atoms with E-state index in [1.165, 1.54) is 0 Å². The number of aromatic hydroxyl groups is 1. The third-order valence-corrected chi connectivity index (χ3v) is 8.75. The molecule has 1 aliphatic rings. The lowest BCUT2D eigenvalue weighted by Gasteiger charge is -2.36. The summed E-state index contributed by atoms with van der Waals surface area (Å²) in [4.78, 5) is 20.0. The van der Waals surface area contributed by atoms with Crippen LogP contribution in [0, 0.1) is 17.6 Å². The Hall–Kier alpha value is -3.72. The van der Waals surface area contributed by atoms with Crippen molar-refractivity contribution >= 4 is 27.3 Å². The first kappa shape index (κ1) is 31.2. The summed E-state index contributed by atoms with van der Waals surface area (Å²) in [6, 6.07) is 11.4. The molecule has 0 bridgehead atoms. The van der Waals surface area contributed by atoms with E-state index in [9.17, 15) is 18.7 Å². The Balaban J connectivity index is 0.00000198. The number of halogens is 2. The van der Waals surface area contributed by atoms with E-state index >= 15 is 0 Å². The van der Waals surface area contributed by atoms with E-state index in [-0.39, 0.29) is 27.5 Å². The molecule has 0 atom stereocenters. The zero-order valence-corrected chi connectivity index (χ0v) is 25.6. The van der Waals surface area contributed by atoms with Gasteiger partial charge in [0.1, 0.15) is 28.0 Å². The van der Waals surface area contributed by atoms with Gasteiger partial charge in [-0.3, -0.25) is 4.79 Å². The molecule has 1 N–H and O–H groups in total. The van der Waals surface area contributed by atoms with Gasteiger partial charge in [-0.15, -0.1) is 11.3 Å². The minimum atomic E-state index is -0.764. The molecule has 42 heavy (non-hydrogen) atoms. The normalized spacial score (nSPS) is 16.5. The van der Waals surface area contributed by atoms with E-state index in [4.69, 9.17) is 9.47 Å². The predicted molar refractivity (Wildman–Crippen MR) is 163 cm³/mol. The molecule has 9 heteroatoms. The first-order valence-corrected chi connectivity index (χ1v) is 15.3. The summed E-state index contributed by atoms with van der Waals surface area (Å²) in [6.07, 6.45) is 5.21. The average molecular weight is 597 g/mol. The fourth-order valence-corrected chi connectivity index (χ4v) is 6.46. The fourth-order valence-electron chi connectivity index (χ4n) is 5.39. The van der Waals surface area contributed by atoms with Gasteiger partial charge in [0.25, 0.3) is 5.91 Å². The number of ether oxygens (including phenoxy) is 2. The number of amides is 1. The zero-order valence-electron chi connectivity index (χ0n) is 24.7. The summed E-state index contributed by atoms with van der Waals surface area (Å²) >= 11 is 0.784. The topological polar surface area (TPSA) is 71.9 Å². The van der Waals surface area contributed by atoms with E-state index in [1.54, 1.807) is 18.2 Å². The maximum atomic E-state index is 14.6. The first-order valence-electron chi connectivity index (χ1n) is 14.5. The Labute approximate surface area is 249 Å². The van der Waals surface area contributed by atoms with Gasteiger partial charge in [0.2, 0.25) is 5.88 Å². The summed E-state index contributed by atoms with van der Waals surface area (Å²) < 4.78 is 40.3. The van der Waals surface area contributed by atoms with Crippen LogP contribution in [0.1, 0.15) is 68.6 Å². The number of hydrogen-bond acceptors (Lipinski definition) is 6. The van der Waals surface area contributed by atoms with Gasteiger partial charge in [0.15, 0.2) is 0 Å². The standard InChI is InChI=1S/C31H32F2N2O4S.C2H6/c1-4-39-26-16-20(13-14-34-26)19-7-12-25(38-3)21(15-19)17-35(22-8-5-18(2)6-9-22)31(37)30-28(36)27-23(32)10-11-24(33)29(27)40-30;1-2/h7,10-16,18,22,36H,4-6,8-9,17H2,1-3H3;1-2H3. The molecule has 0 saturated heterocycles. The lowest BCUT2D eigenvalue weighted by atomic mass is 9.86. The average Bonchev–Trinajstić information content (AvgIpc) is 3.37. The second-order valence-corrected chi connectivity index (χ2v) is 11.2. The van der Waals surface area contributed by atoms with Crippen molar-refractivity contribution in [1.29, 1.82) is 0 Å². The molecule has 0 unspecified atom stereocenters. The summed E-state index contributed by atoms with van der Waals surface area (Å²) in [5, 5.41) is 10.6. The number of rotatable bonds is 8. The number of carbonyl (C=O) groups is 1. The van der Waals surface area contributed by atoms with Gasteiger partial charge in [0, 0.05) is 30.4 Å². The highest BCUT2D eigenvalue weighted by Crippen LogP contribution is 2.42. The second kappa shape index (κ2) is 14.0. The molecule has 0 aliphatic heterocycles. The van der Waals surface area contributed by atoms with Gasteiger partial charge in [-0.25, -0.2) is 13.8 Å². The summed E-state index contributed by atoms with van der Waals surface area (Å²) in [6.45, 7) is 8.80. The van der Waals surface area contributed by atoms with Crippen LogP contribution in [0.3, 0.4) is 0 Å². The van der Waals surface area contributed by atoms with Crippen LogP contribution in [0.4, 0.5) is 8.78 Å². The SMILES string of the molecule is CC.CCOc1cc(-c2ccc(OC)c(CN(C(=O)c3sc4c(F)ccc(F)c4c3O)C3CCC(C)CC3)c2)ccn1. The monoisotopic (exact) mass is 596 g/mol. The Kier molecular flexibility index (Phi) is 10.4. The van der Waals surface area contributed by atoms with Crippen LogP contribution in [-0.2, 0) is 6.54 Å². The summed E-state index contributed by atoms with van der Waals surface area (Å²) in [7, 11) is 1.58. The Morgan fingerprint density at radius 3 is 2.40 bits per heavy atom. The number of fused-ring (bicyclic) bond motifs is 1. The van der Waals surface area contributed by atoms with E-state index < -0.39 is 23.3 Å². The van der Waals surface area contributed by atoms with Gasteiger partial charge < -0.3 is 19.5 Å². The van der Waals surface area contributed by atoms with Crippen LogP contribution in [0.2, 0.25) is 0 Å². The van der Waals surface area contributed by atoms with Crippen molar-refractivity contribution in [3.05, 3.63) is 70.7 Å². The number of nitrogens with zero attached hydrogens (tertiary/aromatic N) is 2. The molecular weight excluding hydrogens is 558 g/mol. The third-order valence-electron chi connectivity index (χ3n) is 7.58. The van der Waals surface area contributed by atoms with Crippen LogP contribution in [0.15, 0.2) is 48.7 Å². The van der Waals surface area contributed by atoms with Crippen molar-refractivity contribution in [3.63, 3.8) is 0 Å². The molecule has 2 heterocycles. The smallest absolute Gasteiger partial charge is 0.268 e. The first-order chi connectivity index (χ1) is 20.3. The molecule has 1 fully saturated rings. The molecule has 2 aromatic carbocycles. The minimum Gasteiger partial charge on any atom is -0.505 e. The van der Waals surface area contributed by atoms with Gasteiger partial charge >= 0.3 is 0 Å². The number of benzene rings is 2. The van der Waals surface area contributed by atoms with Crippen LogP contribution < -0.4 is 9.47 Å². The quantitative estimate of drug-likeness (QED) is 0.221. The van der Waals surface area contributed by atoms with Crippen molar-refractivity contribution in [2.45, 2.75) is 66.0 Å². The van der Waals surface area contributed by atoms with Crippen LogP contribution >= 0.6 is 11.3 Å². The Morgan fingerprint density at radius 2 is 1.74 bits per heavy atom. The van der Waals surface area contributed by atoms with Crippen molar-refractivity contribution in [1.82, 2.24) is 9.88 Å². The zero-order chi connectivity index (χ0) is 30.4. The van der Waals surface area contributed by atoms with Crippen molar-refractivity contribution < 1.29 is 28.2 Å².